The molecule has 0 aliphatic heterocycles. The second-order valence-corrected chi connectivity index (χ2v) is 6.11. The first kappa shape index (κ1) is 14.5. The molecule has 0 atom stereocenters. The maximum atomic E-state index is 10.9. The van der Waals surface area contributed by atoms with Crippen LogP contribution in [0.15, 0.2) is 29.6 Å². The molecule has 0 spiro atoms. The molecule has 0 saturated heterocycles. The molecule has 0 aliphatic carbocycles. The van der Waals surface area contributed by atoms with Crippen LogP contribution in [0.3, 0.4) is 0 Å². The number of rotatable bonds is 5. The second-order valence-electron chi connectivity index (χ2n) is 5.25. The molecule has 0 aliphatic rings. The quantitative estimate of drug-likeness (QED) is 0.917. The summed E-state index contributed by atoms with van der Waals surface area (Å²) in [6, 6.07) is 7.89. The van der Waals surface area contributed by atoms with Crippen LogP contribution in [0.2, 0.25) is 0 Å². The molecule has 0 unspecified atom stereocenters. The van der Waals surface area contributed by atoms with E-state index in [0.717, 1.165) is 17.2 Å². The highest BCUT2D eigenvalue weighted by molar-refractivity contribution is 7.10. The standard InChI is InChI=1S/C15H17NO3S/c1-15(2,14-16-12(9-20-14)13(17)18)8-10-4-6-11(19-3)7-5-10/h4-7,9H,8H2,1-3H3,(H,17,18). The van der Waals surface area contributed by atoms with Gasteiger partial charge in [0.2, 0.25) is 0 Å². The van der Waals surface area contributed by atoms with Gasteiger partial charge in [-0.15, -0.1) is 11.3 Å². The highest BCUT2D eigenvalue weighted by Gasteiger charge is 2.26. The third-order valence-electron chi connectivity index (χ3n) is 3.11. The SMILES string of the molecule is COc1ccc(CC(C)(C)c2nc(C(=O)O)cs2)cc1. The molecule has 0 amide bonds. The van der Waals surface area contributed by atoms with Gasteiger partial charge in [0.1, 0.15) is 5.75 Å². The number of nitrogens with zero attached hydrogens (tertiary/aromatic N) is 1. The Morgan fingerprint density at radius 2 is 2.00 bits per heavy atom. The highest BCUT2D eigenvalue weighted by atomic mass is 32.1. The van der Waals surface area contributed by atoms with Crippen LogP contribution in [0.25, 0.3) is 0 Å². The van der Waals surface area contributed by atoms with Crippen LogP contribution < -0.4 is 4.74 Å². The van der Waals surface area contributed by atoms with Crippen LogP contribution in [0, 0.1) is 0 Å². The smallest absolute Gasteiger partial charge is 0.355 e. The van der Waals surface area contributed by atoms with E-state index in [1.54, 1.807) is 12.5 Å². The van der Waals surface area contributed by atoms with Crippen molar-refractivity contribution in [1.29, 1.82) is 0 Å². The Hall–Kier alpha value is -1.88. The summed E-state index contributed by atoms with van der Waals surface area (Å²) in [6.45, 7) is 4.14. The number of ether oxygens (including phenoxy) is 1. The number of methoxy groups -OCH3 is 1. The van der Waals surface area contributed by atoms with E-state index in [2.05, 4.69) is 18.8 Å². The minimum Gasteiger partial charge on any atom is -0.497 e. The third-order valence-corrected chi connectivity index (χ3v) is 4.32. The highest BCUT2D eigenvalue weighted by Crippen LogP contribution is 2.30. The van der Waals surface area contributed by atoms with E-state index in [-0.39, 0.29) is 11.1 Å². The molecule has 0 fully saturated rings. The van der Waals surface area contributed by atoms with Gasteiger partial charge in [-0.3, -0.25) is 0 Å². The van der Waals surface area contributed by atoms with Gasteiger partial charge in [-0.05, 0) is 24.1 Å². The lowest BCUT2D eigenvalue weighted by Gasteiger charge is -2.22. The lowest BCUT2D eigenvalue weighted by Crippen LogP contribution is -2.20. The van der Waals surface area contributed by atoms with E-state index in [1.807, 2.05) is 24.3 Å². The molecule has 106 valence electrons. The molecular formula is C15H17NO3S. The number of hydrogen-bond acceptors (Lipinski definition) is 4. The Morgan fingerprint density at radius 3 is 2.50 bits per heavy atom. The van der Waals surface area contributed by atoms with E-state index in [0.29, 0.717) is 0 Å². The predicted octanol–water partition coefficient (Wildman–Crippen LogP) is 3.37. The molecule has 4 nitrogen and oxygen atoms in total. The van der Waals surface area contributed by atoms with Gasteiger partial charge in [0, 0.05) is 10.8 Å². The van der Waals surface area contributed by atoms with Gasteiger partial charge in [0.05, 0.1) is 12.1 Å². The summed E-state index contributed by atoms with van der Waals surface area (Å²) < 4.78 is 5.14. The molecule has 0 radical (unpaired) electrons. The van der Waals surface area contributed by atoms with Crippen LogP contribution >= 0.6 is 11.3 Å². The Morgan fingerprint density at radius 1 is 1.35 bits per heavy atom. The van der Waals surface area contributed by atoms with Crippen molar-refractivity contribution in [2.45, 2.75) is 25.7 Å². The fourth-order valence-electron chi connectivity index (χ4n) is 2.01. The minimum absolute atomic E-state index is 0.118. The lowest BCUT2D eigenvalue weighted by atomic mass is 9.86. The average molecular weight is 291 g/mol. The van der Waals surface area contributed by atoms with Crippen LogP contribution in [0.1, 0.15) is 34.9 Å². The van der Waals surface area contributed by atoms with Gasteiger partial charge in [-0.25, -0.2) is 9.78 Å². The van der Waals surface area contributed by atoms with E-state index in [4.69, 9.17) is 9.84 Å². The van der Waals surface area contributed by atoms with Crippen LogP contribution in [0.4, 0.5) is 0 Å². The Balaban J connectivity index is 2.18. The topological polar surface area (TPSA) is 59.4 Å². The number of benzene rings is 1. The van der Waals surface area contributed by atoms with Gasteiger partial charge in [0.25, 0.3) is 0 Å². The fourth-order valence-corrected chi connectivity index (χ4v) is 2.93. The lowest BCUT2D eigenvalue weighted by molar-refractivity contribution is 0.0691. The predicted molar refractivity (Wildman–Crippen MR) is 78.8 cm³/mol. The number of carboxylic acids is 1. The summed E-state index contributed by atoms with van der Waals surface area (Å²) in [5, 5.41) is 11.4. The number of aromatic carboxylic acids is 1. The summed E-state index contributed by atoms with van der Waals surface area (Å²) in [7, 11) is 1.64. The van der Waals surface area contributed by atoms with Crippen molar-refractivity contribution in [3.63, 3.8) is 0 Å². The maximum absolute atomic E-state index is 10.9. The maximum Gasteiger partial charge on any atom is 0.355 e. The number of hydrogen-bond donors (Lipinski definition) is 1. The summed E-state index contributed by atoms with van der Waals surface area (Å²) in [5.41, 5.74) is 1.09. The van der Waals surface area contributed by atoms with Gasteiger partial charge in [-0.2, -0.15) is 0 Å². The van der Waals surface area contributed by atoms with E-state index >= 15 is 0 Å². The zero-order valence-corrected chi connectivity index (χ0v) is 12.5. The molecule has 1 heterocycles. The number of carbonyl (C=O) groups is 1. The zero-order valence-electron chi connectivity index (χ0n) is 11.7. The summed E-state index contributed by atoms with van der Waals surface area (Å²) in [5.74, 6) is -0.151. The molecule has 20 heavy (non-hydrogen) atoms. The van der Waals surface area contributed by atoms with Crippen molar-refractivity contribution in [3.05, 3.63) is 45.9 Å². The van der Waals surface area contributed by atoms with Crippen molar-refractivity contribution < 1.29 is 14.6 Å². The van der Waals surface area contributed by atoms with Crippen LogP contribution in [0.5, 0.6) is 5.75 Å². The fraction of sp³-hybridized carbons (Fsp3) is 0.333. The third kappa shape index (κ3) is 3.17. The molecule has 1 aromatic carbocycles. The van der Waals surface area contributed by atoms with Gasteiger partial charge in [0.15, 0.2) is 5.69 Å². The first-order chi connectivity index (χ1) is 9.42. The van der Waals surface area contributed by atoms with Crippen molar-refractivity contribution in [2.75, 3.05) is 7.11 Å². The molecule has 0 bridgehead atoms. The summed E-state index contributed by atoms with van der Waals surface area (Å²) in [6.07, 6.45) is 0.795. The monoisotopic (exact) mass is 291 g/mol. The number of aromatic nitrogens is 1. The second kappa shape index (κ2) is 5.63. The Kier molecular flexibility index (Phi) is 4.09. The first-order valence-corrected chi connectivity index (χ1v) is 7.12. The van der Waals surface area contributed by atoms with Gasteiger partial charge >= 0.3 is 5.97 Å². The summed E-state index contributed by atoms with van der Waals surface area (Å²) in [4.78, 5) is 15.1. The molecule has 5 heteroatoms. The van der Waals surface area contributed by atoms with E-state index < -0.39 is 5.97 Å². The van der Waals surface area contributed by atoms with Crippen molar-refractivity contribution >= 4 is 17.3 Å². The molecule has 1 aromatic heterocycles. The molecule has 0 saturated carbocycles. The van der Waals surface area contributed by atoms with E-state index in [9.17, 15) is 4.79 Å². The summed E-state index contributed by atoms with van der Waals surface area (Å²) >= 11 is 1.40. The normalized spacial score (nSPS) is 11.3. The van der Waals surface area contributed by atoms with Crippen LogP contribution in [-0.4, -0.2) is 23.2 Å². The molecule has 2 rings (SSSR count). The number of carboxylic acid groups (broad SMARTS) is 1. The Labute approximate surface area is 122 Å². The van der Waals surface area contributed by atoms with Crippen LogP contribution in [-0.2, 0) is 11.8 Å². The van der Waals surface area contributed by atoms with Crippen molar-refractivity contribution in [3.8, 4) is 5.75 Å². The van der Waals surface area contributed by atoms with Gasteiger partial charge in [-0.1, -0.05) is 26.0 Å². The van der Waals surface area contributed by atoms with Gasteiger partial charge < -0.3 is 9.84 Å². The van der Waals surface area contributed by atoms with Crippen molar-refractivity contribution in [1.82, 2.24) is 4.98 Å². The van der Waals surface area contributed by atoms with E-state index in [1.165, 1.54) is 16.9 Å². The average Bonchev–Trinajstić information content (AvgIpc) is 2.90. The molecule has 1 N–H and O–H groups in total. The van der Waals surface area contributed by atoms with Crippen molar-refractivity contribution in [2.24, 2.45) is 0 Å². The first-order valence-electron chi connectivity index (χ1n) is 6.24. The molecular weight excluding hydrogens is 274 g/mol. The molecule has 2 aromatic rings. The minimum atomic E-state index is -0.979. The zero-order chi connectivity index (χ0) is 14.8. The number of thiazole rings is 1. The largest absolute Gasteiger partial charge is 0.497 e. The Bertz CT molecular complexity index is 602.